The lowest BCUT2D eigenvalue weighted by molar-refractivity contribution is 0.233. The van der Waals surface area contributed by atoms with Gasteiger partial charge in [0, 0.05) is 24.5 Å². The molecule has 0 unspecified atom stereocenters. The fourth-order valence-corrected chi connectivity index (χ4v) is 2.46. The standard InChI is InChI=1S/C13H21N3/c1-13(6-3-2-4-7-13)10-16-11-5-8-15-12(14)9-11/h5,8-9H,2-4,6-7,10H2,1H3,(H3,14,15,16). The third-order valence-electron chi connectivity index (χ3n) is 3.56. The Bertz CT molecular complexity index is 343. The molecule has 0 radical (unpaired) electrons. The molecule has 0 amide bonds. The molecular formula is C13H21N3. The molecule has 3 N–H and O–H groups in total. The minimum Gasteiger partial charge on any atom is -0.384 e. The van der Waals surface area contributed by atoms with Crippen molar-refractivity contribution in [1.29, 1.82) is 0 Å². The SMILES string of the molecule is CC1(CNc2ccnc(N)c2)CCCCC1. The van der Waals surface area contributed by atoms with E-state index in [-0.39, 0.29) is 0 Å². The summed E-state index contributed by atoms with van der Waals surface area (Å²) >= 11 is 0. The summed E-state index contributed by atoms with van der Waals surface area (Å²) in [4.78, 5) is 3.99. The highest BCUT2D eigenvalue weighted by atomic mass is 14.9. The van der Waals surface area contributed by atoms with E-state index in [1.807, 2.05) is 12.1 Å². The second kappa shape index (κ2) is 4.73. The normalized spacial score (nSPS) is 19.3. The Balaban J connectivity index is 1.91. The lowest BCUT2D eigenvalue weighted by Crippen LogP contribution is -2.28. The van der Waals surface area contributed by atoms with Gasteiger partial charge in [-0.25, -0.2) is 4.98 Å². The molecule has 0 bridgehead atoms. The molecule has 0 spiro atoms. The summed E-state index contributed by atoms with van der Waals surface area (Å²) in [6.07, 6.45) is 8.56. The van der Waals surface area contributed by atoms with Gasteiger partial charge in [0.25, 0.3) is 0 Å². The van der Waals surface area contributed by atoms with Gasteiger partial charge in [0.15, 0.2) is 0 Å². The van der Waals surface area contributed by atoms with E-state index >= 15 is 0 Å². The number of hydrogen-bond donors (Lipinski definition) is 2. The number of nitrogen functional groups attached to an aromatic ring is 1. The molecule has 16 heavy (non-hydrogen) atoms. The zero-order valence-corrected chi connectivity index (χ0v) is 10.00. The fourth-order valence-electron chi connectivity index (χ4n) is 2.46. The van der Waals surface area contributed by atoms with Crippen LogP contribution in [-0.4, -0.2) is 11.5 Å². The van der Waals surface area contributed by atoms with Crippen LogP contribution in [0.4, 0.5) is 11.5 Å². The number of pyridine rings is 1. The maximum atomic E-state index is 5.65. The van der Waals surface area contributed by atoms with E-state index in [9.17, 15) is 0 Å². The molecule has 1 heterocycles. The van der Waals surface area contributed by atoms with E-state index in [0.717, 1.165) is 12.2 Å². The number of nitrogens with one attached hydrogen (secondary N) is 1. The lowest BCUT2D eigenvalue weighted by atomic mass is 9.76. The number of hydrogen-bond acceptors (Lipinski definition) is 3. The van der Waals surface area contributed by atoms with Gasteiger partial charge in [-0.05, 0) is 24.3 Å². The molecule has 3 heteroatoms. The van der Waals surface area contributed by atoms with Gasteiger partial charge in [-0.2, -0.15) is 0 Å². The van der Waals surface area contributed by atoms with Crippen LogP contribution in [0.3, 0.4) is 0 Å². The van der Waals surface area contributed by atoms with Gasteiger partial charge in [-0.15, -0.1) is 0 Å². The summed E-state index contributed by atoms with van der Waals surface area (Å²) in [6.45, 7) is 3.42. The Labute approximate surface area is 97.5 Å². The number of anilines is 2. The van der Waals surface area contributed by atoms with Crippen LogP contribution in [0, 0.1) is 5.41 Å². The highest BCUT2D eigenvalue weighted by molar-refractivity contribution is 5.49. The van der Waals surface area contributed by atoms with E-state index in [1.165, 1.54) is 32.1 Å². The van der Waals surface area contributed by atoms with E-state index in [0.29, 0.717) is 11.2 Å². The molecule has 0 aromatic carbocycles. The van der Waals surface area contributed by atoms with Gasteiger partial charge in [0.1, 0.15) is 5.82 Å². The van der Waals surface area contributed by atoms with Crippen molar-refractivity contribution in [3.8, 4) is 0 Å². The molecule has 1 aromatic rings. The van der Waals surface area contributed by atoms with Crippen molar-refractivity contribution in [2.75, 3.05) is 17.6 Å². The molecule has 2 rings (SSSR count). The first kappa shape index (κ1) is 11.2. The number of aromatic nitrogens is 1. The minimum atomic E-state index is 0.455. The van der Waals surface area contributed by atoms with Crippen LogP contribution < -0.4 is 11.1 Å². The molecule has 1 saturated carbocycles. The van der Waals surface area contributed by atoms with Crippen LogP contribution in [0.15, 0.2) is 18.3 Å². The Kier molecular flexibility index (Phi) is 3.32. The highest BCUT2D eigenvalue weighted by Gasteiger charge is 2.26. The monoisotopic (exact) mass is 219 g/mol. The van der Waals surface area contributed by atoms with Crippen molar-refractivity contribution in [2.45, 2.75) is 39.0 Å². The predicted molar refractivity (Wildman–Crippen MR) is 68.3 cm³/mol. The van der Waals surface area contributed by atoms with Gasteiger partial charge in [-0.1, -0.05) is 26.2 Å². The molecule has 1 aromatic heterocycles. The quantitative estimate of drug-likeness (QED) is 0.821. The Morgan fingerprint density at radius 3 is 2.81 bits per heavy atom. The van der Waals surface area contributed by atoms with Gasteiger partial charge in [0.2, 0.25) is 0 Å². The van der Waals surface area contributed by atoms with Crippen molar-refractivity contribution < 1.29 is 0 Å². The van der Waals surface area contributed by atoms with Gasteiger partial charge in [0.05, 0.1) is 0 Å². The summed E-state index contributed by atoms with van der Waals surface area (Å²) in [5, 5.41) is 3.48. The van der Waals surface area contributed by atoms with E-state index in [4.69, 9.17) is 5.73 Å². The second-order valence-corrected chi connectivity index (χ2v) is 5.19. The van der Waals surface area contributed by atoms with Gasteiger partial charge < -0.3 is 11.1 Å². The van der Waals surface area contributed by atoms with Crippen molar-refractivity contribution in [2.24, 2.45) is 5.41 Å². The van der Waals surface area contributed by atoms with Crippen LogP contribution in [0.25, 0.3) is 0 Å². The van der Waals surface area contributed by atoms with Crippen molar-refractivity contribution >= 4 is 11.5 Å². The molecular weight excluding hydrogens is 198 g/mol. The second-order valence-electron chi connectivity index (χ2n) is 5.19. The lowest BCUT2D eigenvalue weighted by Gasteiger charge is -2.34. The third kappa shape index (κ3) is 2.87. The zero-order valence-electron chi connectivity index (χ0n) is 10.00. The number of nitrogens with two attached hydrogens (primary N) is 1. The summed E-state index contributed by atoms with van der Waals surface area (Å²) in [5.41, 5.74) is 7.19. The molecule has 0 saturated heterocycles. The predicted octanol–water partition coefficient (Wildman–Crippen LogP) is 3.05. The van der Waals surface area contributed by atoms with Crippen LogP contribution in [0.1, 0.15) is 39.0 Å². The fraction of sp³-hybridized carbons (Fsp3) is 0.615. The topological polar surface area (TPSA) is 50.9 Å². The zero-order chi connectivity index (χ0) is 11.4. The van der Waals surface area contributed by atoms with Crippen LogP contribution in [-0.2, 0) is 0 Å². The van der Waals surface area contributed by atoms with Crippen LogP contribution in [0.2, 0.25) is 0 Å². The molecule has 1 fully saturated rings. The maximum absolute atomic E-state index is 5.65. The first-order chi connectivity index (χ1) is 7.68. The third-order valence-corrected chi connectivity index (χ3v) is 3.56. The Morgan fingerprint density at radius 1 is 1.38 bits per heavy atom. The average molecular weight is 219 g/mol. The van der Waals surface area contributed by atoms with E-state index in [1.54, 1.807) is 6.20 Å². The maximum Gasteiger partial charge on any atom is 0.125 e. The summed E-state index contributed by atoms with van der Waals surface area (Å²) in [6, 6.07) is 3.87. The molecule has 1 aliphatic rings. The molecule has 0 atom stereocenters. The highest BCUT2D eigenvalue weighted by Crippen LogP contribution is 2.35. The number of nitrogens with zero attached hydrogens (tertiary/aromatic N) is 1. The van der Waals surface area contributed by atoms with Crippen LogP contribution >= 0.6 is 0 Å². The first-order valence-corrected chi connectivity index (χ1v) is 6.13. The summed E-state index contributed by atoms with van der Waals surface area (Å²) in [5.74, 6) is 0.582. The smallest absolute Gasteiger partial charge is 0.125 e. The van der Waals surface area contributed by atoms with Crippen molar-refractivity contribution in [3.05, 3.63) is 18.3 Å². The average Bonchev–Trinajstić information content (AvgIpc) is 2.28. The Hall–Kier alpha value is -1.25. The Morgan fingerprint density at radius 2 is 2.12 bits per heavy atom. The number of rotatable bonds is 3. The summed E-state index contributed by atoms with van der Waals surface area (Å²) < 4.78 is 0. The summed E-state index contributed by atoms with van der Waals surface area (Å²) in [7, 11) is 0. The van der Waals surface area contributed by atoms with Gasteiger partial charge in [-0.3, -0.25) is 0 Å². The minimum absolute atomic E-state index is 0.455. The van der Waals surface area contributed by atoms with E-state index in [2.05, 4.69) is 17.2 Å². The van der Waals surface area contributed by atoms with Crippen molar-refractivity contribution in [3.63, 3.8) is 0 Å². The van der Waals surface area contributed by atoms with Gasteiger partial charge >= 0.3 is 0 Å². The largest absolute Gasteiger partial charge is 0.384 e. The molecule has 88 valence electrons. The molecule has 1 aliphatic carbocycles. The van der Waals surface area contributed by atoms with E-state index < -0.39 is 0 Å². The molecule has 0 aliphatic heterocycles. The van der Waals surface area contributed by atoms with Crippen LogP contribution in [0.5, 0.6) is 0 Å². The van der Waals surface area contributed by atoms with Crippen molar-refractivity contribution in [1.82, 2.24) is 4.98 Å². The first-order valence-electron chi connectivity index (χ1n) is 6.13. The molecule has 3 nitrogen and oxygen atoms in total.